The number of morpholine rings is 1. The third-order valence-electron chi connectivity index (χ3n) is 5.01. The summed E-state index contributed by atoms with van der Waals surface area (Å²) in [5.74, 6) is 0.862. The Balaban J connectivity index is 1.75. The number of rotatable bonds is 3. The zero-order valence-electron chi connectivity index (χ0n) is 15.7. The number of ether oxygens (including phenoxy) is 1. The van der Waals surface area contributed by atoms with Gasteiger partial charge in [-0.1, -0.05) is 36.4 Å². The molecule has 0 atom stereocenters. The van der Waals surface area contributed by atoms with Crippen LogP contribution in [0.3, 0.4) is 0 Å². The molecule has 0 spiro atoms. The van der Waals surface area contributed by atoms with Crippen molar-refractivity contribution in [3.8, 4) is 0 Å². The van der Waals surface area contributed by atoms with E-state index < -0.39 is 0 Å². The van der Waals surface area contributed by atoms with Crippen LogP contribution in [0.2, 0.25) is 0 Å². The van der Waals surface area contributed by atoms with Crippen LogP contribution in [0.25, 0.3) is 10.8 Å². The van der Waals surface area contributed by atoms with Crippen molar-refractivity contribution in [2.75, 3.05) is 43.2 Å². The number of benzene rings is 2. The first-order chi connectivity index (χ1) is 13.1. The van der Waals surface area contributed by atoms with E-state index in [4.69, 9.17) is 4.74 Å². The van der Waals surface area contributed by atoms with Crippen LogP contribution in [0.1, 0.15) is 15.9 Å². The van der Waals surface area contributed by atoms with Crippen molar-refractivity contribution in [2.45, 2.75) is 6.92 Å². The Morgan fingerprint density at radius 3 is 2.56 bits per heavy atom. The number of nitrogens with zero attached hydrogens (tertiary/aromatic N) is 3. The van der Waals surface area contributed by atoms with Gasteiger partial charge in [-0.15, -0.1) is 0 Å². The fourth-order valence-corrected chi connectivity index (χ4v) is 3.51. The first-order valence-electron chi connectivity index (χ1n) is 9.20. The number of aromatic nitrogens is 1. The minimum atomic E-state index is -0.0576. The lowest BCUT2D eigenvalue weighted by atomic mass is 10.0. The second-order valence-electron chi connectivity index (χ2n) is 6.84. The van der Waals surface area contributed by atoms with E-state index >= 15 is 0 Å². The van der Waals surface area contributed by atoms with Gasteiger partial charge >= 0.3 is 0 Å². The van der Waals surface area contributed by atoms with Crippen LogP contribution in [-0.2, 0) is 4.74 Å². The highest BCUT2D eigenvalue weighted by Crippen LogP contribution is 2.29. The average Bonchev–Trinajstić information content (AvgIpc) is 2.72. The summed E-state index contributed by atoms with van der Waals surface area (Å²) in [7, 11) is 1.81. The maximum absolute atomic E-state index is 13.2. The van der Waals surface area contributed by atoms with E-state index in [0.717, 1.165) is 40.9 Å². The van der Waals surface area contributed by atoms with Gasteiger partial charge in [0.1, 0.15) is 5.82 Å². The van der Waals surface area contributed by atoms with Crippen molar-refractivity contribution in [1.29, 1.82) is 0 Å². The number of amides is 1. The Morgan fingerprint density at radius 2 is 1.81 bits per heavy atom. The molecule has 0 bridgehead atoms. The lowest BCUT2D eigenvalue weighted by molar-refractivity contribution is 0.0994. The molecule has 1 saturated heterocycles. The summed E-state index contributed by atoms with van der Waals surface area (Å²) in [5.41, 5.74) is 2.62. The van der Waals surface area contributed by atoms with Gasteiger partial charge < -0.3 is 14.5 Å². The molecule has 2 heterocycles. The van der Waals surface area contributed by atoms with Crippen molar-refractivity contribution >= 4 is 28.2 Å². The number of hydrogen-bond donors (Lipinski definition) is 0. The Bertz CT molecular complexity index is 980. The zero-order valence-corrected chi connectivity index (χ0v) is 15.7. The number of pyridine rings is 1. The van der Waals surface area contributed by atoms with Crippen LogP contribution in [0.15, 0.2) is 54.7 Å². The predicted molar refractivity (Wildman–Crippen MR) is 109 cm³/mol. The third kappa shape index (κ3) is 3.38. The molecule has 4 rings (SSSR count). The molecule has 5 nitrogen and oxygen atoms in total. The summed E-state index contributed by atoms with van der Waals surface area (Å²) in [6.07, 6.45) is 1.71. The highest BCUT2D eigenvalue weighted by atomic mass is 16.5. The minimum Gasteiger partial charge on any atom is -0.378 e. The number of carbonyl (C=O) groups excluding carboxylic acids is 1. The van der Waals surface area contributed by atoms with Crippen LogP contribution in [0, 0.1) is 6.92 Å². The second kappa shape index (κ2) is 7.37. The zero-order chi connectivity index (χ0) is 18.8. The number of aryl methyl sites for hydroxylation is 1. The molecule has 1 aromatic heterocycles. The molecule has 1 amide bonds. The van der Waals surface area contributed by atoms with Crippen molar-refractivity contribution in [3.63, 3.8) is 0 Å². The van der Waals surface area contributed by atoms with Gasteiger partial charge in [0.05, 0.1) is 18.8 Å². The van der Waals surface area contributed by atoms with Crippen LogP contribution in [0.5, 0.6) is 0 Å². The standard InChI is InChI=1S/C22H23N3O2/c1-16-6-5-7-17(14-16)24(2)22(26)20-15-23-21(25-10-12-27-13-11-25)19-9-4-3-8-18(19)20/h3-9,14-15H,10-13H2,1-2H3. The Labute approximate surface area is 159 Å². The largest absolute Gasteiger partial charge is 0.378 e. The number of hydrogen-bond acceptors (Lipinski definition) is 4. The van der Waals surface area contributed by atoms with Gasteiger partial charge in [-0.2, -0.15) is 0 Å². The molecule has 1 fully saturated rings. The SMILES string of the molecule is Cc1cccc(N(C)C(=O)c2cnc(N3CCOCC3)c3ccccc23)c1. The summed E-state index contributed by atoms with van der Waals surface area (Å²) in [6, 6.07) is 15.9. The topological polar surface area (TPSA) is 45.7 Å². The monoisotopic (exact) mass is 361 g/mol. The van der Waals surface area contributed by atoms with Crippen molar-refractivity contribution in [2.24, 2.45) is 0 Å². The number of anilines is 2. The predicted octanol–water partition coefficient (Wildman–Crippen LogP) is 3.66. The molecule has 2 aromatic carbocycles. The van der Waals surface area contributed by atoms with Gasteiger partial charge in [-0.3, -0.25) is 4.79 Å². The molecule has 0 saturated carbocycles. The quantitative estimate of drug-likeness (QED) is 0.714. The summed E-state index contributed by atoms with van der Waals surface area (Å²) in [6.45, 7) is 5.05. The fourth-order valence-electron chi connectivity index (χ4n) is 3.51. The maximum Gasteiger partial charge on any atom is 0.260 e. The van der Waals surface area contributed by atoms with Gasteiger partial charge in [0.2, 0.25) is 0 Å². The maximum atomic E-state index is 13.2. The first kappa shape index (κ1) is 17.5. The minimum absolute atomic E-state index is 0.0576. The van der Waals surface area contributed by atoms with Gasteiger partial charge in [0.15, 0.2) is 0 Å². The lowest BCUT2D eigenvalue weighted by Crippen LogP contribution is -2.37. The Kier molecular flexibility index (Phi) is 4.77. The van der Waals surface area contributed by atoms with Crippen LogP contribution < -0.4 is 9.80 Å². The smallest absolute Gasteiger partial charge is 0.260 e. The molecule has 27 heavy (non-hydrogen) atoms. The van der Waals surface area contributed by atoms with Crippen molar-refractivity contribution in [3.05, 3.63) is 65.9 Å². The molecule has 0 radical (unpaired) electrons. The van der Waals surface area contributed by atoms with Crippen molar-refractivity contribution < 1.29 is 9.53 Å². The van der Waals surface area contributed by atoms with E-state index in [1.807, 2.05) is 62.5 Å². The highest BCUT2D eigenvalue weighted by Gasteiger charge is 2.21. The lowest BCUT2D eigenvalue weighted by Gasteiger charge is -2.29. The number of fused-ring (bicyclic) bond motifs is 1. The normalized spacial score (nSPS) is 14.4. The van der Waals surface area contributed by atoms with E-state index in [1.54, 1.807) is 11.1 Å². The van der Waals surface area contributed by atoms with Crippen LogP contribution in [-0.4, -0.2) is 44.2 Å². The Morgan fingerprint density at radius 1 is 1.07 bits per heavy atom. The molecule has 138 valence electrons. The van der Waals surface area contributed by atoms with Crippen molar-refractivity contribution in [1.82, 2.24) is 4.98 Å². The molecule has 1 aliphatic rings. The molecule has 1 aliphatic heterocycles. The molecule has 3 aromatic rings. The summed E-state index contributed by atoms with van der Waals surface area (Å²) >= 11 is 0. The molecule has 0 unspecified atom stereocenters. The van der Waals surface area contributed by atoms with E-state index in [9.17, 15) is 4.79 Å². The molecular weight excluding hydrogens is 338 g/mol. The van der Waals surface area contributed by atoms with Gasteiger partial charge in [0, 0.05) is 37.4 Å². The molecule has 5 heteroatoms. The summed E-state index contributed by atoms with van der Waals surface area (Å²) < 4.78 is 5.46. The molecule has 0 aliphatic carbocycles. The van der Waals surface area contributed by atoms with E-state index in [0.29, 0.717) is 18.8 Å². The number of carbonyl (C=O) groups is 1. The van der Waals surface area contributed by atoms with E-state index in [1.165, 1.54) is 0 Å². The first-order valence-corrected chi connectivity index (χ1v) is 9.20. The van der Waals surface area contributed by atoms with Crippen LogP contribution >= 0.6 is 0 Å². The van der Waals surface area contributed by atoms with Gasteiger partial charge in [0.25, 0.3) is 5.91 Å². The average molecular weight is 361 g/mol. The third-order valence-corrected chi connectivity index (χ3v) is 5.01. The van der Waals surface area contributed by atoms with E-state index in [-0.39, 0.29) is 5.91 Å². The molecule has 0 N–H and O–H groups in total. The highest BCUT2D eigenvalue weighted by molar-refractivity contribution is 6.15. The fraction of sp³-hybridized carbons (Fsp3) is 0.273. The van der Waals surface area contributed by atoms with Gasteiger partial charge in [-0.25, -0.2) is 4.98 Å². The summed E-state index contributed by atoms with van der Waals surface area (Å²) in [4.78, 5) is 21.8. The molecular formula is C22H23N3O2. The summed E-state index contributed by atoms with van der Waals surface area (Å²) in [5, 5.41) is 1.93. The second-order valence-corrected chi connectivity index (χ2v) is 6.84. The van der Waals surface area contributed by atoms with Crippen LogP contribution in [0.4, 0.5) is 11.5 Å². The Hall–Kier alpha value is -2.92. The van der Waals surface area contributed by atoms with E-state index in [2.05, 4.69) is 9.88 Å². The van der Waals surface area contributed by atoms with Gasteiger partial charge in [-0.05, 0) is 30.0 Å².